The molecule has 1 amide bonds. The lowest BCUT2D eigenvalue weighted by atomic mass is 10.1. The van der Waals surface area contributed by atoms with Crippen molar-refractivity contribution in [2.45, 2.75) is 19.8 Å². The molecule has 1 aromatic carbocycles. The molecule has 1 rings (SSSR count). The van der Waals surface area contributed by atoms with E-state index in [1.165, 1.54) is 0 Å². The average Bonchev–Trinajstić information content (AvgIpc) is 2.37. The van der Waals surface area contributed by atoms with Crippen LogP contribution in [-0.4, -0.2) is 23.5 Å². The number of carboxylic acids is 1. The Balaban J connectivity index is 2.39. The van der Waals surface area contributed by atoms with Gasteiger partial charge in [0.05, 0.1) is 5.92 Å². The molecule has 4 N–H and O–H groups in total. The van der Waals surface area contributed by atoms with Crippen LogP contribution in [0.4, 0.5) is 5.69 Å². The van der Waals surface area contributed by atoms with Gasteiger partial charge < -0.3 is 16.2 Å². The summed E-state index contributed by atoms with van der Waals surface area (Å²) in [5, 5.41) is 11.5. The van der Waals surface area contributed by atoms with Crippen LogP contribution in [0.3, 0.4) is 0 Å². The molecule has 0 aromatic heterocycles. The van der Waals surface area contributed by atoms with Gasteiger partial charge in [-0.05, 0) is 47.0 Å². The van der Waals surface area contributed by atoms with Crippen LogP contribution in [0.5, 0.6) is 0 Å². The minimum Gasteiger partial charge on any atom is -0.481 e. The third kappa shape index (κ3) is 4.90. The lowest BCUT2D eigenvalue weighted by molar-refractivity contribution is -0.141. The molecule has 6 heteroatoms. The number of carbonyl (C=O) groups excluding carboxylic acids is 1. The van der Waals surface area contributed by atoms with E-state index in [2.05, 4.69) is 21.2 Å². The van der Waals surface area contributed by atoms with Crippen LogP contribution >= 0.6 is 15.9 Å². The van der Waals surface area contributed by atoms with Crippen molar-refractivity contribution in [3.63, 3.8) is 0 Å². The number of aliphatic carboxylic acids is 1. The topological polar surface area (TPSA) is 92.4 Å². The van der Waals surface area contributed by atoms with Crippen LogP contribution in [0.1, 0.15) is 30.1 Å². The van der Waals surface area contributed by atoms with Crippen molar-refractivity contribution < 1.29 is 14.7 Å². The predicted molar refractivity (Wildman–Crippen MR) is 76.9 cm³/mol. The molecule has 0 aliphatic rings. The highest BCUT2D eigenvalue weighted by Crippen LogP contribution is 2.20. The summed E-state index contributed by atoms with van der Waals surface area (Å²) in [5.41, 5.74) is 6.69. The van der Waals surface area contributed by atoms with Crippen molar-refractivity contribution in [1.29, 1.82) is 0 Å². The maximum Gasteiger partial charge on any atom is 0.306 e. The van der Waals surface area contributed by atoms with Crippen molar-refractivity contribution in [3.8, 4) is 0 Å². The molecular formula is C13H17BrN2O3. The van der Waals surface area contributed by atoms with E-state index in [4.69, 9.17) is 10.8 Å². The van der Waals surface area contributed by atoms with Gasteiger partial charge in [0.1, 0.15) is 0 Å². The third-order valence-electron chi connectivity index (χ3n) is 2.78. The zero-order valence-electron chi connectivity index (χ0n) is 10.6. The highest BCUT2D eigenvalue weighted by molar-refractivity contribution is 9.10. The van der Waals surface area contributed by atoms with Gasteiger partial charge in [0.2, 0.25) is 0 Å². The Morgan fingerprint density at radius 1 is 1.47 bits per heavy atom. The first-order chi connectivity index (χ1) is 8.91. The quantitative estimate of drug-likeness (QED) is 0.551. The number of nitrogens with one attached hydrogen (secondary N) is 1. The van der Waals surface area contributed by atoms with Gasteiger partial charge in [-0.1, -0.05) is 6.92 Å². The van der Waals surface area contributed by atoms with E-state index >= 15 is 0 Å². The molecule has 19 heavy (non-hydrogen) atoms. The molecule has 1 atom stereocenters. The Kier molecular flexibility index (Phi) is 5.82. The van der Waals surface area contributed by atoms with E-state index in [0.717, 1.165) is 4.47 Å². The smallest absolute Gasteiger partial charge is 0.306 e. The van der Waals surface area contributed by atoms with Crippen molar-refractivity contribution in [3.05, 3.63) is 28.2 Å². The summed E-state index contributed by atoms with van der Waals surface area (Å²) in [5.74, 6) is -1.41. The standard InChI is InChI=1S/C13H17BrN2O3/c1-8(13(18)19)3-2-6-16-12(17)9-4-5-10(14)11(15)7-9/h4-5,7-8H,2-3,6,15H2,1H3,(H,16,17)(H,18,19). The highest BCUT2D eigenvalue weighted by atomic mass is 79.9. The maximum atomic E-state index is 11.8. The van der Waals surface area contributed by atoms with Gasteiger partial charge in [-0.15, -0.1) is 0 Å². The summed E-state index contributed by atoms with van der Waals surface area (Å²) in [4.78, 5) is 22.4. The SMILES string of the molecule is CC(CCCNC(=O)c1ccc(Br)c(N)c1)C(=O)O. The van der Waals surface area contributed by atoms with Crippen LogP contribution in [0.2, 0.25) is 0 Å². The predicted octanol–water partition coefficient (Wildman–Crippen LogP) is 2.26. The number of amides is 1. The van der Waals surface area contributed by atoms with Gasteiger partial charge >= 0.3 is 5.97 Å². The zero-order chi connectivity index (χ0) is 14.4. The fraction of sp³-hybridized carbons (Fsp3) is 0.385. The molecular weight excluding hydrogens is 312 g/mol. The maximum absolute atomic E-state index is 11.8. The first-order valence-corrected chi connectivity index (χ1v) is 6.77. The van der Waals surface area contributed by atoms with Crippen LogP contribution < -0.4 is 11.1 Å². The summed E-state index contributed by atoms with van der Waals surface area (Å²) >= 11 is 3.26. The summed E-state index contributed by atoms with van der Waals surface area (Å²) in [6.07, 6.45) is 1.17. The van der Waals surface area contributed by atoms with Crippen molar-refractivity contribution in [2.75, 3.05) is 12.3 Å². The molecule has 0 fully saturated rings. The Hall–Kier alpha value is -1.56. The molecule has 1 unspecified atom stereocenters. The molecule has 0 saturated carbocycles. The van der Waals surface area contributed by atoms with Gasteiger partial charge in [0.25, 0.3) is 5.91 Å². The van der Waals surface area contributed by atoms with Gasteiger partial charge in [0, 0.05) is 22.3 Å². The number of hydrogen-bond acceptors (Lipinski definition) is 3. The van der Waals surface area contributed by atoms with Crippen LogP contribution in [0, 0.1) is 5.92 Å². The van der Waals surface area contributed by atoms with Crippen molar-refractivity contribution in [1.82, 2.24) is 5.32 Å². The van der Waals surface area contributed by atoms with Gasteiger partial charge in [-0.2, -0.15) is 0 Å². The average molecular weight is 329 g/mol. The second kappa shape index (κ2) is 7.13. The minimum absolute atomic E-state index is 0.206. The fourth-order valence-electron chi connectivity index (χ4n) is 1.52. The van der Waals surface area contributed by atoms with Gasteiger partial charge in [-0.3, -0.25) is 9.59 Å². The molecule has 0 radical (unpaired) electrons. The van der Waals surface area contributed by atoms with Crippen LogP contribution in [-0.2, 0) is 4.79 Å². The van der Waals surface area contributed by atoms with E-state index < -0.39 is 5.97 Å². The van der Waals surface area contributed by atoms with E-state index in [9.17, 15) is 9.59 Å². The lowest BCUT2D eigenvalue weighted by Gasteiger charge is -2.08. The summed E-state index contributed by atoms with van der Waals surface area (Å²) in [6.45, 7) is 2.10. The number of anilines is 1. The molecule has 5 nitrogen and oxygen atoms in total. The van der Waals surface area contributed by atoms with Gasteiger partial charge in [0.15, 0.2) is 0 Å². The molecule has 1 aromatic rings. The highest BCUT2D eigenvalue weighted by Gasteiger charge is 2.11. The zero-order valence-corrected chi connectivity index (χ0v) is 12.2. The molecule has 0 saturated heterocycles. The minimum atomic E-state index is -0.813. The first-order valence-electron chi connectivity index (χ1n) is 5.98. The number of carboxylic acid groups (broad SMARTS) is 1. The number of benzene rings is 1. The van der Waals surface area contributed by atoms with Crippen molar-refractivity contribution in [2.24, 2.45) is 5.92 Å². The summed E-state index contributed by atoms with van der Waals surface area (Å²) in [7, 11) is 0. The Morgan fingerprint density at radius 2 is 2.16 bits per heavy atom. The van der Waals surface area contributed by atoms with E-state index in [0.29, 0.717) is 30.6 Å². The van der Waals surface area contributed by atoms with Crippen molar-refractivity contribution >= 4 is 33.5 Å². The number of carbonyl (C=O) groups is 2. The summed E-state index contributed by atoms with van der Waals surface area (Å²) < 4.78 is 0.749. The van der Waals surface area contributed by atoms with E-state index in [1.807, 2.05) is 0 Å². The molecule has 0 bridgehead atoms. The Bertz CT molecular complexity index is 477. The molecule has 104 valence electrons. The fourth-order valence-corrected chi connectivity index (χ4v) is 1.77. The Morgan fingerprint density at radius 3 is 2.74 bits per heavy atom. The molecule has 0 aliphatic heterocycles. The second-order valence-electron chi connectivity index (χ2n) is 4.37. The largest absolute Gasteiger partial charge is 0.481 e. The van der Waals surface area contributed by atoms with Crippen LogP contribution in [0.15, 0.2) is 22.7 Å². The number of halogens is 1. The monoisotopic (exact) mass is 328 g/mol. The normalized spacial score (nSPS) is 11.9. The third-order valence-corrected chi connectivity index (χ3v) is 3.50. The summed E-state index contributed by atoms with van der Waals surface area (Å²) in [6, 6.07) is 4.99. The van der Waals surface area contributed by atoms with E-state index in [1.54, 1.807) is 25.1 Å². The molecule has 0 spiro atoms. The van der Waals surface area contributed by atoms with E-state index in [-0.39, 0.29) is 11.8 Å². The lowest BCUT2D eigenvalue weighted by Crippen LogP contribution is -2.25. The van der Waals surface area contributed by atoms with Gasteiger partial charge in [-0.25, -0.2) is 0 Å². The number of hydrogen-bond donors (Lipinski definition) is 3. The van der Waals surface area contributed by atoms with Crippen LogP contribution in [0.25, 0.3) is 0 Å². The molecule has 0 aliphatic carbocycles. The molecule has 0 heterocycles. The number of nitrogen functional groups attached to an aromatic ring is 1. The number of rotatable bonds is 6. The number of nitrogens with two attached hydrogens (primary N) is 1. The Labute approximate surface area is 120 Å². The second-order valence-corrected chi connectivity index (χ2v) is 5.23. The first kappa shape index (κ1) is 15.5.